The molecule has 3 nitrogen and oxygen atoms in total. The highest BCUT2D eigenvalue weighted by molar-refractivity contribution is 7.99. The third kappa shape index (κ3) is 5.16. The fourth-order valence-corrected chi connectivity index (χ4v) is 3.19. The maximum atomic E-state index is 12.8. The number of nitrogens with zero attached hydrogens (tertiary/aromatic N) is 1. The summed E-state index contributed by atoms with van der Waals surface area (Å²) >= 11 is 1.60. The van der Waals surface area contributed by atoms with Gasteiger partial charge in [-0.3, -0.25) is 4.79 Å². The minimum absolute atomic E-state index is 0. The predicted octanol–water partition coefficient (Wildman–Crippen LogP) is 2.80. The second-order valence-electron chi connectivity index (χ2n) is 5.25. The van der Waals surface area contributed by atoms with E-state index in [0.717, 1.165) is 30.3 Å². The Morgan fingerprint density at radius 1 is 1.48 bits per heavy atom. The van der Waals surface area contributed by atoms with Crippen LogP contribution in [0.4, 0.5) is 4.39 Å². The van der Waals surface area contributed by atoms with Crippen molar-refractivity contribution >= 4 is 30.1 Å². The number of piperazine rings is 1. The first-order valence-corrected chi connectivity index (χ1v) is 7.96. The Morgan fingerprint density at radius 3 is 2.76 bits per heavy atom. The van der Waals surface area contributed by atoms with Crippen LogP contribution in [0, 0.1) is 11.7 Å². The molecule has 1 N–H and O–H groups in total. The molecule has 0 saturated carbocycles. The Labute approximate surface area is 136 Å². The van der Waals surface area contributed by atoms with E-state index in [4.69, 9.17) is 0 Å². The number of halogens is 2. The van der Waals surface area contributed by atoms with Gasteiger partial charge in [-0.1, -0.05) is 6.92 Å². The molecule has 1 unspecified atom stereocenters. The van der Waals surface area contributed by atoms with Gasteiger partial charge in [0.2, 0.25) is 5.91 Å². The smallest absolute Gasteiger partial charge is 0.226 e. The minimum atomic E-state index is -0.229. The maximum absolute atomic E-state index is 12.8. The minimum Gasteiger partial charge on any atom is -0.337 e. The molecular formula is C15H22ClFN2OS. The van der Waals surface area contributed by atoms with E-state index in [0.29, 0.717) is 0 Å². The standard InChI is InChI=1S/C15H21FN2OS.ClH/c1-11(10-20-14-5-3-13(16)4-6-14)15(19)18-8-7-17-9-12(18)2;/h3-6,11-12,17H,7-10H2,1-2H3;1H/t11?,12-;/m0./s1. The van der Waals surface area contributed by atoms with Gasteiger partial charge in [0.25, 0.3) is 0 Å². The Kier molecular flexibility index (Phi) is 7.49. The highest BCUT2D eigenvalue weighted by Gasteiger charge is 2.26. The number of amides is 1. The van der Waals surface area contributed by atoms with Crippen LogP contribution in [-0.4, -0.2) is 42.2 Å². The van der Waals surface area contributed by atoms with Crippen LogP contribution in [0.5, 0.6) is 0 Å². The van der Waals surface area contributed by atoms with Crippen molar-refractivity contribution in [3.63, 3.8) is 0 Å². The zero-order valence-electron chi connectivity index (χ0n) is 12.3. The summed E-state index contributed by atoms with van der Waals surface area (Å²) in [6.45, 7) is 6.56. The van der Waals surface area contributed by atoms with Gasteiger partial charge in [-0.05, 0) is 31.2 Å². The van der Waals surface area contributed by atoms with Crippen LogP contribution in [0.2, 0.25) is 0 Å². The summed E-state index contributed by atoms with van der Waals surface area (Å²) in [5, 5.41) is 3.29. The lowest BCUT2D eigenvalue weighted by atomic mass is 10.1. The van der Waals surface area contributed by atoms with E-state index in [9.17, 15) is 9.18 Å². The number of carbonyl (C=O) groups is 1. The normalized spacial score (nSPS) is 19.8. The number of hydrogen-bond acceptors (Lipinski definition) is 3. The second-order valence-corrected chi connectivity index (χ2v) is 6.34. The van der Waals surface area contributed by atoms with Crippen molar-refractivity contribution < 1.29 is 9.18 Å². The molecule has 1 fully saturated rings. The third-order valence-corrected chi connectivity index (χ3v) is 4.79. The summed E-state index contributed by atoms with van der Waals surface area (Å²) in [6, 6.07) is 6.67. The molecule has 0 radical (unpaired) electrons. The van der Waals surface area contributed by atoms with Crippen LogP contribution in [0.15, 0.2) is 29.2 Å². The van der Waals surface area contributed by atoms with Crippen LogP contribution in [0.1, 0.15) is 13.8 Å². The van der Waals surface area contributed by atoms with Crippen molar-refractivity contribution in [2.24, 2.45) is 5.92 Å². The van der Waals surface area contributed by atoms with Gasteiger partial charge in [0, 0.05) is 42.2 Å². The fourth-order valence-electron chi connectivity index (χ4n) is 2.27. The van der Waals surface area contributed by atoms with Gasteiger partial charge in [0.15, 0.2) is 0 Å². The maximum Gasteiger partial charge on any atom is 0.226 e. The average molecular weight is 333 g/mol. The van der Waals surface area contributed by atoms with Crippen molar-refractivity contribution in [2.45, 2.75) is 24.8 Å². The van der Waals surface area contributed by atoms with Crippen molar-refractivity contribution in [1.82, 2.24) is 10.2 Å². The number of carbonyl (C=O) groups excluding carboxylic acids is 1. The van der Waals surface area contributed by atoms with E-state index in [1.54, 1.807) is 23.9 Å². The van der Waals surface area contributed by atoms with Crippen molar-refractivity contribution in [2.75, 3.05) is 25.4 Å². The van der Waals surface area contributed by atoms with Crippen molar-refractivity contribution in [3.8, 4) is 0 Å². The number of thioether (sulfide) groups is 1. The molecule has 2 rings (SSSR count). The Bertz CT molecular complexity index is 457. The first-order chi connectivity index (χ1) is 9.58. The molecule has 118 valence electrons. The molecule has 0 bridgehead atoms. The van der Waals surface area contributed by atoms with Gasteiger partial charge in [0.05, 0.1) is 0 Å². The quantitative estimate of drug-likeness (QED) is 0.861. The van der Waals surface area contributed by atoms with E-state index in [1.165, 1.54) is 12.1 Å². The number of benzene rings is 1. The Hall–Kier alpha value is -0.780. The third-order valence-electron chi connectivity index (χ3n) is 3.52. The molecule has 0 aromatic heterocycles. The summed E-state index contributed by atoms with van der Waals surface area (Å²) in [4.78, 5) is 15.4. The number of hydrogen-bond donors (Lipinski definition) is 1. The Morgan fingerprint density at radius 2 is 2.14 bits per heavy atom. The molecular weight excluding hydrogens is 311 g/mol. The van der Waals surface area contributed by atoms with E-state index in [1.807, 2.05) is 11.8 Å². The molecule has 1 amide bonds. The zero-order chi connectivity index (χ0) is 14.5. The van der Waals surface area contributed by atoms with Gasteiger partial charge in [-0.15, -0.1) is 24.2 Å². The SMILES string of the molecule is CC(CSc1ccc(F)cc1)C(=O)N1CCNC[C@@H]1C.Cl. The van der Waals surface area contributed by atoms with E-state index in [2.05, 4.69) is 12.2 Å². The number of rotatable bonds is 4. The summed E-state index contributed by atoms with van der Waals surface area (Å²) < 4.78 is 12.8. The topological polar surface area (TPSA) is 32.3 Å². The van der Waals surface area contributed by atoms with Gasteiger partial charge >= 0.3 is 0 Å². The highest BCUT2D eigenvalue weighted by atomic mass is 35.5. The monoisotopic (exact) mass is 332 g/mol. The summed E-state index contributed by atoms with van der Waals surface area (Å²) in [6.07, 6.45) is 0. The molecule has 1 aliphatic heterocycles. The van der Waals surface area contributed by atoms with E-state index >= 15 is 0 Å². The molecule has 2 atom stereocenters. The molecule has 1 saturated heterocycles. The molecule has 1 aliphatic rings. The van der Waals surface area contributed by atoms with E-state index < -0.39 is 0 Å². The summed E-state index contributed by atoms with van der Waals surface area (Å²) in [5.74, 6) is 0.688. The van der Waals surface area contributed by atoms with E-state index in [-0.39, 0.29) is 36.1 Å². The highest BCUT2D eigenvalue weighted by Crippen LogP contribution is 2.22. The summed E-state index contributed by atoms with van der Waals surface area (Å²) in [5.41, 5.74) is 0. The average Bonchev–Trinajstić information content (AvgIpc) is 2.46. The van der Waals surface area contributed by atoms with Crippen LogP contribution in [0.3, 0.4) is 0 Å². The molecule has 1 aromatic carbocycles. The lowest BCUT2D eigenvalue weighted by molar-refractivity contribution is -0.137. The molecule has 1 aromatic rings. The number of nitrogens with one attached hydrogen (secondary N) is 1. The van der Waals surface area contributed by atoms with Crippen molar-refractivity contribution in [3.05, 3.63) is 30.1 Å². The fraction of sp³-hybridized carbons (Fsp3) is 0.533. The largest absolute Gasteiger partial charge is 0.337 e. The van der Waals surface area contributed by atoms with Gasteiger partial charge in [-0.2, -0.15) is 0 Å². The van der Waals surface area contributed by atoms with Gasteiger partial charge in [-0.25, -0.2) is 4.39 Å². The zero-order valence-corrected chi connectivity index (χ0v) is 14.0. The molecule has 1 heterocycles. The van der Waals surface area contributed by atoms with Crippen LogP contribution in [-0.2, 0) is 4.79 Å². The Balaban J connectivity index is 0.00000220. The first-order valence-electron chi connectivity index (χ1n) is 6.97. The second kappa shape index (κ2) is 8.61. The predicted molar refractivity (Wildman–Crippen MR) is 87.6 cm³/mol. The first kappa shape index (κ1) is 18.3. The molecule has 0 aliphatic carbocycles. The molecule has 21 heavy (non-hydrogen) atoms. The van der Waals surface area contributed by atoms with Crippen LogP contribution < -0.4 is 5.32 Å². The van der Waals surface area contributed by atoms with Gasteiger partial charge < -0.3 is 10.2 Å². The molecule has 0 spiro atoms. The van der Waals surface area contributed by atoms with Gasteiger partial charge in [0.1, 0.15) is 5.82 Å². The summed E-state index contributed by atoms with van der Waals surface area (Å²) in [7, 11) is 0. The van der Waals surface area contributed by atoms with Crippen LogP contribution >= 0.6 is 24.2 Å². The van der Waals surface area contributed by atoms with Crippen LogP contribution in [0.25, 0.3) is 0 Å². The lowest BCUT2D eigenvalue weighted by Crippen LogP contribution is -2.53. The van der Waals surface area contributed by atoms with Crippen molar-refractivity contribution in [1.29, 1.82) is 0 Å². The molecule has 6 heteroatoms. The lowest BCUT2D eigenvalue weighted by Gasteiger charge is -2.35.